The molecule has 21 heavy (non-hydrogen) atoms. The molecule has 3 heterocycles. The number of fused-ring (bicyclic) bond motifs is 1. The first-order valence-electron chi connectivity index (χ1n) is 6.21. The second-order valence-electron chi connectivity index (χ2n) is 4.55. The molecule has 0 aliphatic carbocycles. The van der Waals surface area contributed by atoms with Gasteiger partial charge in [-0.2, -0.15) is 10.2 Å². The second kappa shape index (κ2) is 5.17. The number of nitrogens with zero attached hydrogens (tertiary/aromatic N) is 5. The Bertz CT molecular complexity index is 823. The largest absolute Gasteiger partial charge is 0.457 e. The number of aromatic nitrogens is 5. The van der Waals surface area contributed by atoms with Crippen molar-refractivity contribution in [1.29, 1.82) is 0 Å². The van der Waals surface area contributed by atoms with Crippen molar-refractivity contribution in [2.45, 2.75) is 13.5 Å². The molecule has 3 aromatic rings. The van der Waals surface area contributed by atoms with Crippen molar-refractivity contribution in [3.05, 3.63) is 46.6 Å². The average Bonchev–Trinajstić information content (AvgIpc) is 3.03. The summed E-state index contributed by atoms with van der Waals surface area (Å²) in [5.74, 6) is -0.475. The number of carbonyl (C=O) groups excluding carboxylic acids is 1. The molecule has 0 spiro atoms. The van der Waals surface area contributed by atoms with E-state index >= 15 is 0 Å². The molecular formula is C13H12ClN5O2. The molecule has 3 aromatic heterocycles. The molecule has 0 amide bonds. The van der Waals surface area contributed by atoms with Gasteiger partial charge in [-0.15, -0.1) is 0 Å². The van der Waals surface area contributed by atoms with Crippen molar-refractivity contribution in [3.63, 3.8) is 0 Å². The molecule has 3 rings (SSSR count). The normalized spacial score (nSPS) is 11.0. The van der Waals surface area contributed by atoms with Crippen LogP contribution in [0.3, 0.4) is 0 Å². The van der Waals surface area contributed by atoms with Gasteiger partial charge in [-0.05, 0) is 6.92 Å². The van der Waals surface area contributed by atoms with E-state index in [9.17, 15) is 4.79 Å². The van der Waals surface area contributed by atoms with Crippen LogP contribution in [-0.4, -0.2) is 30.3 Å². The van der Waals surface area contributed by atoms with Gasteiger partial charge < -0.3 is 4.74 Å². The zero-order valence-corrected chi connectivity index (χ0v) is 12.2. The molecule has 0 aromatic carbocycles. The summed E-state index contributed by atoms with van der Waals surface area (Å²) in [5.41, 5.74) is 2.37. The maximum absolute atomic E-state index is 12.1. The van der Waals surface area contributed by atoms with Gasteiger partial charge in [-0.3, -0.25) is 4.68 Å². The summed E-state index contributed by atoms with van der Waals surface area (Å²) >= 11 is 5.92. The predicted octanol–water partition coefficient (Wildman–Crippen LogP) is 1.78. The molecule has 0 radical (unpaired) electrons. The van der Waals surface area contributed by atoms with E-state index in [0.29, 0.717) is 27.6 Å². The molecule has 8 heteroatoms. The van der Waals surface area contributed by atoms with E-state index in [1.54, 1.807) is 41.6 Å². The molecule has 0 bridgehead atoms. The van der Waals surface area contributed by atoms with Crippen molar-refractivity contribution in [2.24, 2.45) is 7.05 Å². The lowest BCUT2D eigenvalue weighted by atomic mass is 10.2. The number of rotatable bonds is 3. The van der Waals surface area contributed by atoms with E-state index < -0.39 is 5.97 Å². The summed E-state index contributed by atoms with van der Waals surface area (Å²) in [6, 6.07) is 1.76. The van der Waals surface area contributed by atoms with Crippen molar-refractivity contribution in [3.8, 4) is 0 Å². The lowest BCUT2D eigenvalue weighted by molar-refractivity contribution is 0.0470. The molecule has 0 saturated carbocycles. The second-order valence-corrected chi connectivity index (χ2v) is 4.91. The van der Waals surface area contributed by atoms with Crippen LogP contribution in [0.2, 0.25) is 5.15 Å². The first kappa shape index (κ1) is 13.6. The SMILES string of the molecule is Cc1c(C(=O)OCc2cn(C)nc2Cl)cnc2ccnn12. The predicted molar refractivity (Wildman–Crippen MR) is 75.1 cm³/mol. The Morgan fingerprint density at radius 3 is 3.00 bits per heavy atom. The minimum Gasteiger partial charge on any atom is -0.457 e. The van der Waals surface area contributed by atoms with E-state index in [-0.39, 0.29) is 6.61 Å². The first-order chi connectivity index (χ1) is 10.1. The van der Waals surface area contributed by atoms with Gasteiger partial charge >= 0.3 is 5.97 Å². The summed E-state index contributed by atoms with van der Waals surface area (Å²) in [4.78, 5) is 16.3. The van der Waals surface area contributed by atoms with E-state index in [4.69, 9.17) is 16.3 Å². The Morgan fingerprint density at radius 2 is 2.29 bits per heavy atom. The quantitative estimate of drug-likeness (QED) is 0.690. The highest BCUT2D eigenvalue weighted by atomic mass is 35.5. The molecule has 0 N–H and O–H groups in total. The zero-order chi connectivity index (χ0) is 15.0. The minimum atomic E-state index is -0.475. The van der Waals surface area contributed by atoms with Crippen LogP contribution in [0.4, 0.5) is 0 Å². The van der Waals surface area contributed by atoms with Gasteiger partial charge in [0.1, 0.15) is 6.61 Å². The van der Waals surface area contributed by atoms with Gasteiger partial charge in [-0.25, -0.2) is 14.3 Å². The molecule has 0 saturated heterocycles. The van der Waals surface area contributed by atoms with E-state index in [1.165, 1.54) is 6.20 Å². The monoisotopic (exact) mass is 305 g/mol. The summed E-state index contributed by atoms with van der Waals surface area (Å²) in [7, 11) is 1.75. The van der Waals surface area contributed by atoms with Gasteiger partial charge in [0.05, 0.1) is 17.5 Å². The summed E-state index contributed by atoms with van der Waals surface area (Å²) < 4.78 is 8.41. The first-order valence-corrected chi connectivity index (χ1v) is 6.58. The Hall–Kier alpha value is -2.41. The van der Waals surface area contributed by atoms with Crippen molar-refractivity contribution >= 4 is 23.2 Å². The molecule has 0 aliphatic rings. The van der Waals surface area contributed by atoms with Crippen LogP contribution < -0.4 is 0 Å². The number of hydrogen-bond acceptors (Lipinski definition) is 5. The highest BCUT2D eigenvalue weighted by molar-refractivity contribution is 6.30. The average molecular weight is 306 g/mol. The van der Waals surface area contributed by atoms with Crippen molar-refractivity contribution in [1.82, 2.24) is 24.4 Å². The van der Waals surface area contributed by atoms with Crippen LogP contribution in [0.15, 0.2) is 24.7 Å². The van der Waals surface area contributed by atoms with E-state index in [1.807, 2.05) is 0 Å². The Balaban J connectivity index is 1.80. The number of hydrogen-bond donors (Lipinski definition) is 0. The highest BCUT2D eigenvalue weighted by Gasteiger charge is 2.16. The molecule has 0 unspecified atom stereocenters. The van der Waals surface area contributed by atoms with Gasteiger partial charge in [-0.1, -0.05) is 11.6 Å². The number of carbonyl (C=O) groups is 1. The third-order valence-electron chi connectivity index (χ3n) is 3.09. The van der Waals surface area contributed by atoms with Crippen LogP contribution >= 0.6 is 11.6 Å². The van der Waals surface area contributed by atoms with Gasteiger partial charge in [0, 0.05) is 31.1 Å². The van der Waals surface area contributed by atoms with Crippen LogP contribution in [0, 0.1) is 6.92 Å². The van der Waals surface area contributed by atoms with Crippen LogP contribution in [0.1, 0.15) is 21.6 Å². The van der Waals surface area contributed by atoms with Crippen LogP contribution in [0.5, 0.6) is 0 Å². The molecular weight excluding hydrogens is 294 g/mol. The summed E-state index contributed by atoms with van der Waals surface area (Å²) in [6.07, 6.45) is 4.82. The highest BCUT2D eigenvalue weighted by Crippen LogP contribution is 2.16. The van der Waals surface area contributed by atoms with Crippen molar-refractivity contribution in [2.75, 3.05) is 0 Å². The topological polar surface area (TPSA) is 74.3 Å². The van der Waals surface area contributed by atoms with Gasteiger partial charge in [0.25, 0.3) is 0 Å². The lowest BCUT2D eigenvalue weighted by Crippen LogP contribution is -2.11. The van der Waals surface area contributed by atoms with Gasteiger partial charge in [0.15, 0.2) is 10.8 Å². The fraction of sp³-hybridized carbons (Fsp3) is 0.231. The molecule has 0 atom stereocenters. The number of esters is 1. The number of ether oxygens (including phenoxy) is 1. The maximum atomic E-state index is 12.1. The molecule has 0 aliphatic heterocycles. The van der Waals surface area contributed by atoms with Crippen LogP contribution in [-0.2, 0) is 18.4 Å². The fourth-order valence-electron chi connectivity index (χ4n) is 2.02. The van der Waals surface area contributed by atoms with E-state index in [2.05, 4.69) is 15.2 Å². The Labute approximate surface area is 125 Å². The Kier molecular flexibility index (Phi) is 3.34. The number of aryl methyl sites for hydroxylation is 2. The van der Waals surface area contributed by atoms with Crippen molar-refractivity contribution < 1.29 is 9.53 Å². The summed E-state index contributed by atoms with van der Waals surface area (Å²) in [5, 5.41) is 8.41. The zero-order valence-electron chi connectivity index (χ0n) is 11.4. The standard InChI is InChI=1S/C13H12ClN5O2/c1-8-10(5-15-11-3-4-16-19(8)11)13(20)21-7-9-6-18(2)17-12(9)14/h3-6H,7H2,1-2H3. The summed E-state index contributed by atoms with van der Waals surface area (Å²) in [6.45, 7) is 1.84. The third-order valence-corrected chi connectivity index (χ3v) is 3.41. The molecule has 7 nitrogen and oxygen atoms in total. The Morgan fingerprint density at radius 1 is 1.48 bits per heavy atom. The molecule has 108 valence electrons. The smallest absolute Gasteiger partial charge is 0.341 e. The lowest BCUT2D eigenvalue weighted by Gasteiger charge is -2.07. The van der Waals surface area contributed by atoms with Crippen LogP contribution in [0.25, 0.3) is 5.65 Å². The fourth-order valence-corrected chi connectivity index (χ4v) is 2.24. The molecule has 0 fully saturated rings. The van der Waals surface area contributed by atoms with Gasteiger partial charge in [0.2, 0.25) is 0 Å². The maximum Gasteiger partial charge on any atom is 0.341 e. The third kappa shape index (κ3) is 2.47. The minimum absolute atomic E-state index is 0.0576. The number of halogens is 1. The van der Waals surface area contributed by atoms with E-state index in [0.717, 1.165) is 0 Å².